The van der Waals surface area contributed by atoms with Gasteiger partial charge < -0.3 is 20.1 Å². The minimum Gasteiger partial charge on any atom is -0.494 e. The van der Waals surface area contributed by atoms with Crippen molar-refractivity contribution in [3.8, 4) is 5.75 Å². The highest BCUT2D eigenvalue weighted by Gasteiger charge is 2.34. The number of carbonyl (C=O) groups excluding carboxylic acids is 2. The number of rotatable bonds is 6. The second kappa shape index (κ2) is 8.61. The SMILES string of the molecule is CCOc1cccc(C2NC(=O)NC(c3ccccc3)=C2C(=O)OC(C)C)c1. The van der Waals surface area contributed by atoms with Gasteiger partial charge in [0.15, 0.2) is 0 Å². The van der Waals surface area contributed by atoms with Crippen molar-refractivity contribution in [2.45, 2.75) is 32.9 Å². The molecule has 0 aliphatic carbocycles. The number of carbonyl (C=O) groups is 2. The standard InChI is InChI=1S/C22H24N2O4/c1-4-27-17-12-8-11-16(13-17)20-18(21(25)28-14(2)3)19(23-22(26)24-20)15-9-6-5-7-10-15/h5-14,20H,4H2,1-3H3,(H2,23,24,26). The molecule has 6 heteroatoms. The first-order chi connectivity index (χ1) is 13.5. The van der Waals surface area contributed by atoms with Crippen LogP contribution >= 0.6 is 0 Å². The van der Waals surface area contributed by atoms with Crippen molar-refractivity contribution in [1.82, 2.24) is 10.6 Å². The van der Waals surface area contributed by atoms with Gasteiger partial charge in [0.25, 0.3) is 0 Å². The topological polar surface area (TPSA) is 76.7 Å². The summed E-state index contributed by atoms with van der Waals surface area (Å²) in [7, 11) is 0. The maximum atomic E-state index is 13.0. The Morgan fingerprint density at radius 1 is 1.11 bits per heavy atom. The highest BCUT2D eigenvalue weighted by Crippen LogP contribution is 2.33. The number of amides is 2. The van der Waals surface area contributed by atoms with Crippen LogP contribution in [-0.2, 0) is 9.53 Å². The first kappa shape index (κ1) is 19.5. The molecule has 0 aromatic heterocycles. The monoisotopic (exact) mass is 380 g/mol. The molecule has 1 unspecified atom stereocenters. The molecule has 6 nitrogen and oxygen atoms in total. The summed E-state index contributed by atoms with van der Waals surface area (Å²) in [5, 5.41) is 5.62. The van der Waals surface area contributed by atoms with Crippen molar-refractivity contribution >= 4 is 17.7 Å². The molecule has 1 atom stereocenters. The molecule has 1 aliphatic rings. The smallest absolute Gasteiger partial charge is 0.338 e. The van der Waals surface area contributed by atoms with Crippen LogP contribution < -0.4 is 15.4 Å². The van der Waals surface area contributed by atoms with E-state index < -0.39 is 12.0 Å². The van der Waals surface area contributed by atoms with Gasteiger partial charge in [0.1, 0.15) is 5.75 Å². The summed E-state index contributed by atoms with van der Waals surface area (Å²) in [5.41, 5.74) is 2.28. The second-order valence-corrected chi connectivity index (χ2v) is 6.65. The Labute approximate surface area is 164 Å². The second-order valence-electron chi connectivity index (χ2n) is 6.65. The summed E-state index contributed by atoms with van der Waals surface area (Å²) in [6, 6.07) is 15.6. The van der Waals surface area contributed by atoms with E-state index >= 15 is 0 Å². The van der Waals surface area contributed by atoms with Crippen LogP contribution in [0.25, 0.3) is 5.70 Å². The van der Waals surface area contributed by atoms with E-state index in [1.54, 1.807) is 13.8 Å². The Morgan fingerprint density at radius 2 is 1.86 bits per heavy atom. The van der Waals surface area contributed by atoms with Crippen LogP contribution in [0.15, 0.2) is 60.2 Å². The Bertz CT molecular complexity index is 890. The van der Waals surface area contributed by atoms with Crippen molar-refractivity contribution in [2.24, 2.45) is 0 Å². The average molecular weight is 380 g/mol. The molecule has 28 heavy (non-hydrogen) atoms. The van der Waals surface area contributed by atoms with Gasteiger partial charge in [-0.15, -0.1) is 0 Å². The van der Waals surface area contributed by atoms with Crippen LogP contribution in [0.3, 0.4) is 0 Å². The highest BCUT2D eigenvalue weighted by atomic mass is 16.5. The van der Waals surface area contributed by atoms with E-state index in [4.69, 9.17) is 9.47 Å². The third-order valence-corrected chi connectivity index (χ3v) is 4.20. The third kappa shape index (κ3) is 4.34. The Balaban J connectivity index is 2.14. The van der Waals surface area contributed by atoms with E-state index in [1.807, 2.05) is 61.5 Å². The zero-order valence-electron chi connectivity index (χ0n) is 16.2. The van der Waals surface area contributed by atoms with Gasteiger partial charge in [-0.25, -0.2) is 9.59 Å². The molecule has 146 valence electrons. The van der Waals surface area contributed by atoms with E-state index in [9.17, 15) is 9.59 Å². The normalized spacial score (nSPS) is 16.4. The van der Waals surface area contributed by atoms with Gasteiger partial charge in [-0.1, -0.05) is 42.5 Å². The minimum absolute atomic E-state index is 0.287. The summed E-state index contributed by atoms with van der Waals surface area (Å²) in [6.45, 7) is 6.01. The van der Waals surface area contributed by atoms with Crippen LogP contribution in [0.5, 0.6) is 5.75 Å². The van der Waals surface area contributed by atoms with Gasteiger partial charge in [-0.05, 0) is 44.0 Å². The molecule has 1 aliphatic heterocycles. The molecule has 0 spiro atoms. The average Bonchev–Trinajstić information content (AvgIpc) is 2.68. The molecule has 0 saturated carbocycles. The van der Waals surface area contributed by atoms with Gasteiger partial charge in [0.2, 0.25) is 0 Å². The number of hydrogen-bond donors (Lipinski definition) is 2. The summed E-state index contributed by atoms with van der Waals surface area (Å²) in [5.74, 6) is 0.193. The van der Waals surface area contributed by atoms with E-state index in [-0.39, 0.29) is 12.1 Å². The van der Waals surface area contributed by atoms with E-state index in [1.165, 1.54) is 0 Å². The Hall–Kier alpha value is -3.28. The molecule has 0 fully saturated rings. The van der Waals surface area contributed by atoms with Crippen molar-refractivity contribution in [3.63, 3.8) is 0 Å². The fourth-order valence-corrected chi connectivity index (χ4v) is 3.10. The largest absolute Gasteiger partial charge is 0.494 e. The van der Waals surface area contributed by atoms with Crippen molar-refractivity contribution in [1.29, 1.82) is 0 Å². The van der Waals surface area contributed by atoms with Crippen molar-refractivity contribution < 1.29 is 19.1 Å². The molecule has 1 heterocycles. The predicted octanol–water partition coefficient (Wildman–Crippen LogP) is 3.80. The lowest BCUT2D eigenvalue weighted by molar-refractivity contribution is -0.143. The zero-order valence-corrected chi connectivity index (χ0v) is 16.2. The number of hydrogen-bond acceptors (Lipinski definition) is 4. The molecule has 2 N–H and O–H groups in total. The molecule has 3 rings (SSSR count). The van der Waals surface area contributed by atoms with Crippen LogP contribution in [0.1, 0.15) is 37.9 Å². The maximum Gasteiger partial charge on any atom is 0.338 e. The van der Waals surface area contributed by atoms with E-state index in [0.717, 1.165) is 11.1 Å². The third-order valence-electron chi connectivity index (χ3n) is 4.20. The minimum atomic E-state index is -0.657. The summed E-state index contributed by atoms with van der Waals surface area (Å²) in [6.07, 6.45) is -0.287. The summed E-state index contributed by atoms with van der Waals surface area (Å²) < 4.78 is 11.1. The first-order valence-corrected chi connectivity index (χ1v) is 9.30. The number of ether oxygens (including phenoxy) is 2. The van der Waals surface area contributed by atoms with Crippen molar-refractivity contribution in [3.05, 3.63) is 71.3 Å². The van der Waals surface area contributed by atoms with E-state index in [0.29, 0.717) is 23.6 Å². The molecular formula is C22H24N2O4. The van der Waals surface area contributed by atoms with Gasteiger partial charge >= 0.3 is 12.0 Å². The fourth-order valence-electron chi connectivity index (χ4n) is 3.10. The highest BCUT2D eigenvalue weighted by molar-refractivity contribution is 6.04. The van der Waals surface area contributed by atoms with Crippen molar-refractivity contribution in [2.75, 3.05) is 6.61 Å². The zero-order chi connectivity index (χ0) is 20.1. The van der Waals surface area contributed by atoms with Crippen LogP contribution in [0.2, 0.25) is 0 Å². The molecule has 2 amide bonds. The molecule has 2 aromatic carbocycles. The van der Waals surface area contributed by atoms with Gasteiger partial charge in [0, 0.05) is 0 Å². The quantitative estimate of drug-likeness (QED) is 0.748. The molecule has 0 radical (unpaired) electrons. The summed E-state index contributed by atoms with van der Waals surface area (Å²) >= 11 is 0. The molecule has 2 aromatic rings. The number of benzene rings is 2. The van der Waals surface area contributed by atoms with Gasteiger partial charge in [0.05, 0.1) is 30.0 Å². The number of urea groups is 1. The fraction of sp³-hybridized carbons (Fsp3) is 0.273. The lowest BCUT2D eigenvalue weighted by Crippen LogP contribution is -2.45. The first-order valence-electron chi connectivity index (χ1n) is 9.30. The van der Waals surface area contributed by atoms with Crippen LogP contribution in [0.4, 0.5) is 4.79 Å². The predicted molar refractivity (Wildman–Crippen MR) is 107 cm³/mol. The number of nitrogens with one attached hydrogen (secondary N) is 2. The molecule has 0 bridgehead atoms. The molecule has 0 saturated heterocycles. The lowest BCUT2D eigenvalue weighted by atomic mass is 9.92. The Morgan fingerprint density at radius 3 is 2.54 bits per heavy atom. The van der Waals surface area contributed by atoms with Crippen LogP contribution in [0, 0.1) is 0 Å². The summed E-state index contributed by atoms with van der Waals surface area (Å²) in [4.78, 5) is 25.4. The van der Waals surface area contributed by atoms with Gasteiger partial charge in [-0.2, -0.15) is 0 Å². The molecular weight excluding hydrogens is 356 g/mol. The van der Waals surface area contributed by atoms with Crippen LogP contribution in [-0.4, -0.2) is 24.7 Å². The maximum absolute atomic E-state index is 13.0. The Kier molecular flexibility index (Phi) is 5.99. The lowest BCUT2D eigenvalue weighted by Gasteiger charge is -2.30. The number of esters is 1. The van der Waals surface area contributed by atoms with E-state index in [2.05, 4.69) is 10.6 Å². The van der Waals surface area contributed by atoms with Gasteiger partial charge in [-0.3, -0.25) is 0 Å².